The number of aromatic nitrogens is 1. The molecule has 1 unspecified atom stereocenters. The van der Waals surface area contributed by atoms with Crippen LogP contribution in [0.2, 0.25) is 0 Å². The first-order valence-electron chi connectivity index (χ1n) is 12.6. The summed E-state index contributed by atoms with van der Waals surface area (Å²) in [5.74, 6) is -0.0299. The van der Waals surface area contributed by atoms with Gasteiger partial charge in [0.15, 0.2) is 12.1 Å². The summed E-state index contributed by atoms with van der Waals surface area (Å²) in [4.78, 5) is 24.9. The monoisotopic (exact) mass is 513 g/mol. The molecule has 198 valence electrons. The molecule has 0 aromatic carbocycles. The molecule has 4 aliphatic rings. The van der Waals surface area contributed by atoms with Gasteiger partial charge in [0.2, 0.25) is 5.91 Å². The van der Waals surface area contributed by atoms with Gasteiger partial charge >= 0.3 is 0 Å². The number of nitrogens with zero attached hydrogens (tertiary/aromatic N) is 4. The molecule has 37 heavy (non-hydrogen) atoms. The van der Waals surface area contributed by atoms with Crippen LogP contribution in [0.1, 0.15) is 32.0 Å². The Labute approximate surface area is 215 Å². The number of halogens is 2. The van der Waals surface area contributed by atoms with E-state index >= 15 is 4.39 Å². The van der Waals surface area contributed by atoms with Gasteiger partial charge in [-0.25, -0.2) is 18.8 Å². The maximum Gasteiger partial charge on any atom is 0.248 e. The van der Waals surface area contributed by atoms with Crippen molar-refractivity contribution in [2.75, 3.05) is 25.6 Å². The van der Waals surface area contributed by atoms with Crippen molar-refractivity contribution in [3.05, 3.63) is 58.3 Å². The lowest BCUT2D eigenvalue weighted by Crippen LogP contribution is -2.40. The second-order valence-electron chi connectivity index (χ2n) is 9.95. The molecule has 1 saturated heterocycles. The Morgan fingerprint density at radius 3 is 2.92 bits per heavy atom. The van der Waals surface area contributed by atoms with Crippen molar-refractivity contribution in [3.8, 4) is 0 Å². The van der Waals surface area contributed by atoms with E-state index in [0.29, 0.717) is 30.9 Å². The quantitative estimate of drug-likeness (QED) is 0.538. The Morgan fingerprint density at radius 1 is 1.35 bits per heavy atom. The second kappa shape index (κ2) is 10.2. The average Bonchev–Trinajstić information content (AvgIpc) is 3.21. The number of aliphatic imine (C=N–C) groups is 1. The lowest BCUT2D eigenvalue weighted by Gasteiger charge is -2.32. The molecule has 0 bridgehead atoms. The summed E-state index contributed by atoms with van der Waals surface area (Å²) in [6, 6.07) is 3.46. The Balaban J connectivity index is 1.30. The minimum atomic E-state index is -1.29. The van der Waals surface area contributed by atoms with Crippen molar-refractivity contribution < 1.29 is 18.3 Å². The molecule has 9 nitrogen and oxygen atoms in total. The second-order valence-corrected chi connectivity index (χ2v) is 9.95. The van der Waals surface area contributed by atoms with Gasteiger partial charge in [-0.2, -0.15) is 0 Å². The van der Waals surface area contributed by atoms with Crippen molar-refractivity contribution in [2.45, 2.75) is 64.4 Å². The highest BCUT2D eigenvalue weighted by Crippen LogP contribution is 2.34. The fourth-order valence-corrected chi connectivity index (χ4v) is 5.41. The van der Waals surface area contributed by atoms with Crippen LogP contribution in [-0.2, 0) is 22.5 Å². The smallest absolute Gasteiger partial charge is 0.248 e. The first-order chi connectivity index (χ1) is 17.7. The van der Waals surface area contributed by atoms with Crippen LogP contribution in [0.3, 0.4) is 0 Å². The van der Waals surface area contributed by atoms with Gasteiger partial charge in [0.25, 0.3) is 0 Å². The summed E-state index contributed by atoms with van der Waals surface area (Å²) < 4.78 is 35.0. The third kappa shape index (κ3) is 4.97. The molecule has 3 aliphatic heterocycles. The maximum atomic E-state index is 15.1. The number of alkyl halides is 1. The topological polar surface area (TPSA) is 94.1 Å². The summed E-state index contributed by atoms with van der Waals surface area (Å²) in [6.07, 6.45) is 3.09. The number of anilines is 1. The fraction of sp³-hybridized carbons (Fsp3) is 0.500. The highest BCUT2D eigenvalue weighted by atomic mass is 19.1. The number of carbonyl (C=O) groups is 1. The average molecular weight is 514 g/mol. The molecule has 0 radical (unpaired) electrons. The zero-order valence-corrected chi connectivity index (χ0v) is 21.5. The number of allylic oxidation sites excluding steroid dienone is 2. The number of ether oxygens (including phenoxy) is 1. The number of amides is 1. The van der Waals surface area contributed by atoms with Gasteiger partial charge in [-0.3, -0.25) is 10.1 Å². The van der Waals surface area contributed by atoms with Crippen molar-refractivity contribution >= 4 is 17.9 Å². The number of methoxy groups -OCH3 is 1. The van der Waals surface area contributed by atoms with Crippen LogP contribution in [0, 0.1) is 0 Å². The molecule has 1 aromatic rings. The molecular weight excluding hydrogens is 480 g/mol. The predicted molar refractivity (Wildman–Crippen MR) is 137 cm³/mol. The Hall–Kier alpha value is -3.31. The molecule has 11 heteroatoms. The van der Waals surface area contributed by atoms with Crippen LogP contribution < -0.4 is 16.0 Å². The van der Waals surface area contributed by atoms with Crippen molar-refractivity contribution in [1.29, 1.82) is 0 Å². The minimum Gasteiger partial charge on any atom is -0.375 e. The third-order valence-electron chi connectivity index (χ3n) is 7.07. The fourth-order valence-electron chi connectivity index (χ4n) is 5.41. The highest BCUT2D eigenvalue weighted by molar-refractivity contribution is 5.80. The van der Waals surface area contributed by atoms with Crippen molar-refractivity contribution in [2.24, 2.45) is 4.99 Å². The van der Waals surface area contributed by atoms with Crippen LogP contribution in [0.15, 0.2) is 52.1 Å². The lowest BCUT2D eigenvalue weighted by molar-refractivity contribution is -0.136. The van der Waals surface area contributed by atoms with Gasteiger partial charge in [-0.15, -0.1) is 0 Å². The van der Waals surface area contributed by atoms with Crippen LogP contribution >= 0.6 is 0 Å². The van der Waals surface area contributed by atoms with E-state index in [-0.39, 0.29) is 30.4 Å². The normalized spacial score (nSPS) is 27.0. The van der Waals surface area contributed by atoms with Crippen LogP contribution in [0.25, 0.3) is 0 Å². The van der Waals surface area contributed by atoms with Gasteiger partial charge in [0.05, 0.1) is 24.1 Å². The SMILES string of the molecule is COCC(=O)N1CCc2nc(N[C@H]3N=CC(F)=C(C4=C[C@H](F)C5N[C@H](C)N(C(C)C)C5=C4)N3)ccc2C1. The van der Waals surface area contributed by atoms with Crippen LogP contribution in [0.5, 0.6) is 0 Å². The number of rotatable bonds is 6. The molecule has 3 N–H and O–H groups in total. The number of hydrogen-bond donors (Lipinski definition) is 3. The van der Waals surface area contributed by atoms with Gasteiger partial charge in [0, 0.05) is 49.6 Å². The summed E-state index contributed by atoms with van der Waals surface area (Å²) in [7, 11) is 1.50. The van der Waals surface area contributed by atoms with Gasteiger partial charge < -0.3 is 25.2 Å². The number of pyridine rings is 1. The first-order valence-corrected chi connectivity index (χ1v) is 12.6. The highest BCUT2D eigenvalue weighted by Gasteiger charge is 2.41. The van der Waals surface area contributed by atoms with E-state index in [0.717, 1.165) is 23.2 Å². The Morgan fingerprint density at radius 2 is 2.16 bits per heavy atom. The zero-order chi connectivity index (χ0) is 26.3. The van der Waals surface area contributed by atoms with Gasteiger partial charge in [0.1, 0.15) is 18.6 Å². The van der Waals surface area contributed by atoms with E-state index in [9.17, 15) is 9.18 Å². The summed E-state index contributed by atoms with van der Waals surface area (Å²) in [5.41, 5.74) is 3.33. The molecule has 1 aliphatic carbocycles. The molecular formula is C26H33F2N7O2. The molecule has 0 saturated carbocycles. The lowest BCUT2D eigenvalue weighted by atomic mass is 9.95. The third-order valence-corrected chi connectivity index (χ3v) is 7.07. The maximum absolute atomic E-state index is 15.1. The van der Waals surface area contributed by atoms with Gasteiger partial charge in [-0.1, -0.05) is 6.07 Å². The van der Waals surface area contributed by atoms with E-state index in [1.54, 1.807) is 4.90 Å². The largest absolute Gasteiger partial charge is 0.375 e. The predicted octanol–water partition coefficient (Wildman–Crippen LogP) is 2.35. The molecule has 4 heterocycles. The molecule has 5 rings (SSSR count). The minimum absolute atomic E-state index is 0.0170. The van der Waals surface area contributed by atoms with Crippen LogP contribution in [-0.4, -0.2) is 77.9 Å². The van der Waals surface area contributed by atoms with E-state index in [2.05, 4.69) is 39.7 Å². The Kier molecular flexibility index (Phi) is 7.00. The molecule has 4 atom stereocenters. The van der Waals surface area contributed by atoms with Crippen molar-refractivity contribution in [3.63, 3.8) is 0 Å². The summed E-state index contributed by atoms with van der Waals surface area (Å²) in [5, 5.41) is 9.53. The number of hydrogen-bond acceptors (Lipinski definition) is 8. The van der Waals surface area contributed by atoms with Crippen LogP contribution in [0.4, 0.5) is 14.6 Å². The zero-order valence-electron chi connectivity index (χ0n) is 21.5. The molecule has 1 aromatic heterocycles. The summed E-state index contributed by atoms with van der Waals surface area (Å²) in [6.45, 7) is 7.22. The number of carbonyl (C=O) groups excluding carboxylic acids is 1. The summed E-state index contributed by atoms with van der Waals surface area (Å²) >= 11 is 0. The number of nitrogens with one attached hydrogen (secondary N) is 3. The Bertz CT molecular complexity index is 1200. The van der Waals surface area contributed by atoms with E-state index in [1.165, 1.54) is 13.2 Å². The van der Waals surface area contributed by atoms with Gasteiger partial charge in [-0.05, 0) is 44.6 Å². The molecule has 1 amide bonds. The molecule has 0 spiro atoms. The van der Waals surface area contributed by atoms with E-state index in [4.69, 9.17) is 9.72 Å². The van der Waals surface area contributed by atoms with E-state index < -0.39 is 24.3 Å². The van der Waals surface area contributed by atoms with Crippen molar-refractivity contribution in [1.82, 2.24) is 25.4 Å². The first kappa shape index (κ1) is 25.3. The van der Waals surface area contributed by atoms with E-state index in [1.807, 2.05) is 25.1 Å². The standard InChI is InChI=1S/C26H33F2N7O2/c1-14(2)35-15(3)30-25-18(27)9-17(10-21(25)35)24-19(28)11-29-26(33-24)32-22-6-5-16-12-34(23(36)13-37-4)8-7-20(16)31-22/h5-6,9-11,14-15,18,25-26,30,33H,7-8,12-13H2,1-4H3,(H,31,32)/t15-,18-,25?,26+/m0/s1. The number of fused-ring (bicyclic) bond motifs is 2. The molecule has 1 fully saturated rings.